The van der Waals surface area contributed by atoms with Gasteiger partial charge in [0.15, 0.2) is 0 Å². The average molecular weight is 224 g/mol. The Morgan fingerprint density at radius 3 is 2.36 bits per heavy atom. The van der Waals surface area contributed by atoms with E-state index in [0.29, 0.717) is 12.2 Å². The standard InChI is InChI=1S/C7H5F3NO2S/c8-7(9,10)4-1-2-5(11)6(3-4)14(12)13/h1-3,5,11H/q-1. The van der Waals surface area contributed by atoms with Crippen LogP contribution < -0.4 is 0 Å². The Bertz CT molecular complexity index is 422. The van der Waals surface area contributed by atoms with E-state index >= 15 is 0 Å². The second-order valence-corrected chi connectivity index (χ2v) is 3.51. The molecule has 0 aromatic heterocycles. The fourth-order valence-electron chi connectivity index (χ4n) is 0.914. The predicted molar refractivity (Wildman–Crippen MR) is 45.3 cm³/mol. The van der Waals surface area contributed by atoms with Crippen molar-refractivity contribution in [3.05, 3.63) is 29.5 Å². The number of rotatable bonds is 0. The minimum atomic E-state index is -4.58. The third-order valence-electron chi connectivity index (χ3n) is 1.59. The Kier molecular flexibility index (Phi) is 2.81. The second-order valence-electron chi connectivity index (χ2n) is 2.57. The maximum absolute atomic E-state index is 12.1. The molecule has 3 nitrogen and oxygen atoms in total. The highest BCUT2D eigenvalue weighted by molar-refractivity contribution is 7.73. The number of alkyl halides is 3. The van der Waals surface area contributed by atoms with Crippen LogP contribution in [0.25, 0.3) is 5.73 Å². The van der Waals surface area contributed by atoms with Crippen LogP contribution in [0.15, 0.2) is 23.8 Å². The molecule has 0 saturated carbocycles. The van der Waals surface area contributed by atoms with E-state index < -0.39 is 32.9 Å². The fourth-order valence-corrected chi connectivity index (χ4v) is 1.42. The molecular formula is C7H5F3NO2S-. The van der Waals surface area contributed by atoms with Gasteiger partial charge < -0.3 is 5.73 Å². The van der Waals surface area contributed by atoms with Crippen molar-refractivity contribution in [3.8, 4) is 0 Å². The van der Waals surface area contributed by atoms with E-state index in [9.17, 15) is 21.6 Å². The monoisotopic (exact) mass is 224 g/mol. The van der Waals surface area contributed by atoms with Crippen LogP contribution in [0.4, 0.5) is 13.2 Å². The van der Waals surface area contributed by atoms with Gasteiger partial charge in [-0.15, -0.1) is 0 Å². The molecule has 0 aliphatic heterocycles. The van der Waals surface area contributed by atoms with Gasteiger partial charge in [0, 0.05) is 0 Å². The minimum absolute atomic E-state index is 0.473. The third kappa shape index (κ3) is 2.24. The van der Waals surface area contributed by atoms with Crippen molar-refractivity contribution in [2.75, 3.05) is 0 Å². The Labute approximate surface area is 79.2 Å². The summed E-state index contributed by atoms with van der Waals surface area (Å²) in [7, 11) is -2.79. The summed E-state index contributed by atoms with van der Waals surface area (Å²) in [6.45, 7) is 0. The van der Waals surface area contributed by atoms with Crippen molar-refractivity contribution in [1.29, 1.82) is 0 Å². The summed E-state index contributed by atoms with van der Waals surface area (Å²) in [5.41, 5.74) is 6.07. The lowest BCUT2D eigenvalue weighted by Crippen LogP contribution is -2.21. The van der Waals surface area contributed by atoms with E-state index in [2.05, 4.69) is 0 Å². The Balaban J connectivity index is 3.24. The van der Waals surface area contributed by atoms with Gasteiger partial charge in [0.2, 0.25) is 10.3 Å². The lowest BCUT2D eigenvalue weighted by Gasteiger charge is -2.20. The normalized spacial score (nSPS) is 22.1. The van der Waals surface area contributed by atoms with Crippen LogP contribution in [-0.2, 0) is 10.3 Å². The highest BCUT2D eigenvalue weighted by atomic mass is 32.2. The van der Waals surface area contributed by atoms with E-state index in [4.69, 9.17) is 5.73 Å². The van der Waals surface area contributed by atoms with Gasteiger partial charge in [-0.2, -0.15) is 21.6 Å². The second kappa shape index (κ2) is 3.58. The van der Waals surface area contributed by atoms with Crippen molar-refractivity contribution in [1.82, 2.24) is 0 Å². The number of hydrogen-bond acceptors (Lipinski definition) is 2. The first kappa shape index (κ1) is 11.0. The van der Waals surface area contributed by atoms with E-state index in [0.717, 1.165) is 6.08 Å². The zero-order valence-corrected chi connectivity index (χ0v) is 7.48. The lowest BCUT2D eigenvalue weighted by atomic mass is 10.0. The molecule has 1 N–H and O–H groups in total. The molecule has 0 spiro atoms. The number of halogens is 3. The van der Waals surface area contributed by atoms with Crippen molar-refractivity contribution in [2.45, 2.75) is 12.2 Å². The maximum atomic E-state index is 12.1. The summed E-state index contributed by atoms with van der Waals surface area (Å²) >= 11 is 0. The molecule has 0 aromatic carbocycles. The van der Waals surface area contributed by atoms with E-state index in [1.165, 1.54) is 0 Å². The summed E-state index contributed by atoms with van der Waals surface area (Å²) in [6.07, 6.45) is -2.52. The van der Waals surface area contributed by atoms with Gasteiger partial charge in [-0.1, -0.05) is 18.2 Å². The minimum Gasteiger partial charge on any atom is -0.667 e. The molecule has 7 heteroatoms. The highest BCUT2D eigenvalue weighted by Gasteiger charge is 2.33. The Morgan fingerprint density at radius 1 is 1.36 bits per heavy atom. The van der Waals surface area contributed by atoms with Gasteiger partial charge in [-0.25, -0.2) is 0 Å². The van der Waals surface area contributed by atoms with Crippen molar-refractivity contribution in [3.63, 3.8) is 0 Å². The quantitative estimate of drug-likeness (QED) is 0.585. The summed E-state index contributed by atoms with van der Waals surface area (Å²) < 4.78 is 57.2. The number of nitrogens with one attached hydrogen (secondary N) is 1. The van der Waals surface area contributed by atoms with Crippen LogP contribution in [-0.4, -0.2) is 25.5 Å². The lowest BCUT2D eigenvalue weighted by molar-refractivity contribution is -0.0881. The van der Waals surface area contributed by atoms with E-state index in [1.54, 1.807) is 0 Å². The highest BCUT2D eigenvalue weighted by Crippen LogP contribution is 2.28. The van der Waals surface area contributed by atoms with Crippen LogP contribution >= 0.6 is 0 Å². The largest absolute Gasteiger partial charge is 0.667 e. The van der Waals surface area contributed by atoms with Crippen molar-refractivity contribution < 1.29 is 21.6 Å². The van der Waals surface area contributed by atoms with Crippen molar-refractivity contribution >= 4 is 15.2 Å². The zero-order chi connectivity index (χ0) is 10.9. The third-order valence-corrected chi connectivity index (χ3v) is 2.35. The van der Waals surface area contributed by atoms with Gasteiger partial charge in [-0.3, -0.25) is 0 Å². The van der Waals surface area contributed by atoms with Crippen molar-refractivity contribution in [2.24, 2.45) is 0 Å². The molecule has 0 amide bonds. The van der Waals surface area contributed by atoms with Crippen LogP contribution in [0.3, 0.4) is 0 Å². The fraction of sp³-hybridized carbons (Fsp3) is 0.286. The van der Waals surface area contributed by atoms with Crippen LogP contribution in [0, 0.1) is 0 Å². The maximum Gasteiger partial charge on any atom is 0.416 e. The van der Waals surface area contributed by atoms with Gasteiger partial charge in [0.1, 0.15) is 0 Å². The molecule has 0 fully saturated rings. The van der Waals surface area contributed by atoms with Crippen LogP contribution in [0.2, 0.25) is 0 Å². The first-order chi connectivity index (χ1) is 6.32. The van der Waals surface area contributed by atoms with Gasteiger partial charge in [0.25, 0.3) is 0 Å². The molecule has 1 unspecified atom stereocenters. The molecule has 0 radical (unpaired) electrons. The van der Waals surface area contributed by atoms with Crippen LogP contribution in [0.1, 0.15) is 0 Å². The summed E-state index contributed by atoms with van der Waals surface area (Å²) in [5.74, 6) is 0. The Hall–Kier alpha value is -1.08. The number of hydrogen-bond donors (Lipinski definition) is 0. The Morgan fingerprint density at radius 2 is 1.93 bits per heavy atom. The number of allylic oxidation sites excluding steroid dienone is 2. The molecule has 1 aliphatic rings. The topological polar surface area (TPSA) is 57.9 Å². The molecule has 14 heavy (non-hydrogen) atoms. The molecule has 0 bridgehead atoms. The first-order valence-corrected chi connectivity index (χ1v) is 4.54. The molecule has 0 heterocycles. The van der Waals surface area contributed by atoms with E-state index in [-0.39, 0.29) is 0 Å². The molecule has 78 valence electrons. The molecule has 0 saturated heterocycles. The summed E-state index contributed by atoms with van der Waals surface area (Å²) in [6, 6.07) is -1.25. The predicted octanol–water partition coefficient (Wildman–Crippen LogP) is 1.52. The summed E-state index contributed by atoms with van der Waals surface area (Å²) in [5, 5.41) is 0. The van der Waals surface area contributed by atoms with Gasteiger partial charge >= 0.3 is 6.18 Å². The van der Waals surface area contributed by atoms with Gasteiger partial charge in [-0.05, 0) is 6.08 Å². The molecule has 0 aromatic rings. The average Bonchev–Trinajstić information content (AvgIpc) is 2.02. The molecule has 1 atom stereocenters. The smallest absolute Gasteiger partial charge is 0.416 e. The SMILES string of the molecule is [NH-]C1C=CC(C(F)(F)F)=CC1=S(=O)=O. The molecular weight excluding hydrogens is 219 g/mol. The molecule has 1 rings (SSSR count). The van der Waals surface area contributed by atoms with Crippen LogP contribution in [0.5, 0.6) is 0 Å². The first-order valence-electron chi connectivity index (χ1n) is 3.46. The van der Waals surface area contributed by atoms with E-state index in [1.807, 2.05) is 0 Å². The molecule has 1 aliphatic carbocycles. The summed E-state index contributed by atoms with van der Waals surface area (Å²) in [4.78, 5) is -0.570. The van der Waals surface area contributed by atoms with Gasteiger partial charge in [0.05, 0.1) is 10.4 Å². The zero-order valence-electron chi connectivity index (χ0n) is 6.67.